The number of aliphatic hydroxyl groups excluding tert-OH is 1. The van der Waals surface area contributed by atoms with Crippen LogP contribution < -0.4 is 9.46 Å². The molecule has 1 aliphatic rings. The first-order valence-electron chi connectivity index (χ1n) is 6.89. The van der Waals surface area contributed by atoms with Gasteiger partial charge in [-0.15, -0.1) is 0 Å². The van der Waals surface area contributed by atoms with E-state index in [1.165, 1.54) is 13.2 Å². The molecule has 1 aromatic rings. The Morgan fingerprint density at radius 3 is 2.81 bits per heavy atom. The van der Waals surface area contributed by atoms with E-state index in [1.807, 2.05) is 6.92 Å². The summed E-state index contributed by atoms with van der Waals surface area (Å²) in [5.41, 5.74) is 0.538. The molecule has 2 unspecified atom stereocenters. The summed E-state index contributed by atoms with van der Waals surface area (Å²) in [6.07, 6.45) is 0.773. The van der Waals surface area contributed by atoms with Gasteiger partial charge in [-0.3, -0.25) is 0 Å². The summed E-state index contributed by atoms with van der Waals surface area (Å²) in [4.78, 5) is 0.177. The van der Waals surface area contributed by atoms with Crippen molar-refractivity contribution in [3.8, 4) is 5.75 Å². The summed E-state index contributed by atoms with van der Waals surface area (Å²) in [5, 5.41) is 9.12. The molecule has 1 aromatic carbocycles. The molecule has 0 aromatic heterocycles. The van der Waals surface area contributed by atoms with E-state index >= 15 is 0 Å². The van der Waals surface area contributed by atoms with Gasteiger partial charge in [0.05, 0.1) is 24.2 Å². The Bertz CT molecular complexity index is 587. The molecule has 1 heterocycles. The van der Waals surface area contributed by atoms with Crippen molar-refractivity contribution in [1.82, 2.24) is 4.72 Å². The summed E-state index contributed by atoms with van der Waals surface area (Å²) in [7, 11) is -2.14. The molecule has 1 saturated heterocycles. The van der Waals surface area contributed by atoms with Crippen molar-refractivity contribution >= 4 is 10.0 Å². The second-order valence-electron chi connectivity index (χ2n) is 5.04. The summed E-state index contributed by atoms with van der Waals surface area (Å²) >= 11 is 0. The fraction of sp³-hybridized carbons (Fsp3) is 0.571. The average molecular weight is 315 g/mol. The SMILES string of the molecule is COc1ccc(S(=O)(=O)NC2CCOC2C)c(CCO)c1. The van der Waals surface area contributed by atoms with Crippen molar-refractivity contribution in [3.05, 3.63) is 23.8 Å². The molecular formula is C14H21NO5S. The highest BCUT2D eigenvalue weighted by Crippen LogP contribution is 2.24. The first kappa shape index (κ1) is 16.2. The smallest absolute Gasteiger partial charge is 0.241 e. The van der Waals surface area contributed by atoms with Crippen LogP contribution in [0, 0.1) is 0 Å². The Morgan fingerprint density at radius 1 is 1.48 bits per heavy atom. The lowest BCUT2D eigenvalue weighted by Crippen LogP contribution is -2.39. The Hall–Kier alpha value is -1.15. The molecule has 0 amide bonds. The molecule has 7 heteroatoms. The Morgan fingerprint density at radius 2 is 2.24 bits per heavy atom. The van der Waals surface area contributed by atoms with E-state index in [2.05, 4.69) is 4.72 Å². The van der Waals surface area contributed by atoms with Crippen LogP contribution in [0.25, 0.3) is 0 Å². The van der Waals surface area contributed by atoms with Crippen LogP contribution >= 0.6 is 0 Å². The lowest BCUT2D eigenvalue weighted by molar-refractivity contribution is 0.117. The summed E-state index contributed by atoms with van der Waals surface area (Å²) < 4.78 is 38.2. The Kier molecular flexibility index (Phi) is 5.21. The monoisotopic (exact) mass is 315 g/mol. The van der Waals surface area contributed by atoms with Gasteiger partial charge in [-0.1, -0.05) is 0 Å². The van der Waals surface area contributed by atoms with Gasteiger partial charge in [0.2, 0.25) is 10.0 Å². The zero-order chi connectivity index (χ0) is 15.5. The maximum absolute atomic E-state index is 12.5. The van der Waals surface area contributed by atoms with Crippen molar-refractivity contribution in [3.63, 3.8) is 0 Å². The van der Waals surface area contributed by atoms with Crippen molar-refractivity contribution < 1.29 is 23.0 Å². The highest BCUT2D eigenvalue weighted by molar-refractivity contribution is 7.89. The van der Waals surface area contributed by atoms with E-state index in [0.717, 1.165) is 0 Å². The minimum atomic E-state index is -3.65. The van der Waals surface area contributed by atoms with Gasteiger partial charge in [0.1, 0.15) is 5.75 Å². The number of hydrogen-bond donors (Lipinski definition) is 2. The minimum absolute atomic E-state index is 0.126. The van der Waals surface area contributed by atoms with Gasteiger partial charge in [0.25, 0.3) is 0 Å². The molecule has 0 saturated carbocycles. The van der Waals surface area contributed by atoms with Gasteiger partial charge in [-0.2, -0.15) is 0 Å². The lowest BCUT2D eigenvalue weighted by Gasteiger charge is -2.18. The number of methoxy groups -OCH3 is 1. The van der Waals surface area contributed by atoms with Gasteiger partial charge in [-0.05, 0) is 43.5 Å². The van der Waals surface area contributed by atoms with Crippen LogP contribution in [0.3, 0.4) is 0 Å². The molecule has 2 atom stereocenters. The zero-order valence-corrected chi connectivity index (χ0v) is 13.0. The number of ether oxygens (including phenoxy) is 2. The van der Waals surface area contributed by atoms with Gasteiger partial charge in [0.15, 0.2) is 0 Å². The molecule has 1 fully saturated rings. The van der Waals surface area contributed by atoms with Crippen LogP contribution in [0.5, 0.6) is 5.75 Å². The largest absolute Gasteiger partial charge is 0.497 e. The van der Waals surface area contributed by atoms with E-state index in [4.69, 9.17) is 14.6 Å². The number of sulfonamides is 1. The molecule has 1 aliphatic heterocycles. The molecule has 0 spiro atoms. The van der Waals surface area contributed by atoms with Crippen molar-refractivity contribution in [2.24, 2.45) is 0 Å². The highest BCUT2D eigenvalue weighted by atomic mass is 32.2. The van der Waals surface area contributed by atoms with E-state index in [-0.39, 0.29) is 30.1 Å². The van der Waals surface area contributed by atoms with E-state index < -0.39 is 10.0 Å². The minimum Gasteiger partial charge on any atom is -0.497 e. The molecule has 21 heavy (non-hydrogen) atoms. The summed E-state index contributed by atoms with van der Waals surface area (Å²) in [6, 6.07) is 4.52. The van der Waals surface area contributed by atoms with E-state index in [1.54, 1.807) is 12.1 Å². The summed E-state index contributed by atoms with van der Waals surface area (Å²) in [5.74, 6) is 0.565. The predicted octanol–water partition coefficient (Wildman–Crippen LogP) is 0.686. The third kappa shape index (κ3) is 3.74. The first-order chi connectivity index (χ1) is 9.97. The number of rotatable bonds is 6. The van der Waals surface area contributed by atoms with Crippen molar-refractivity contribution in [2.45, 2.75) is 36.8 Å². The van der Waals surface area contributed by atoms with Crippen LogP contribution in [-0.4, -0.2) is 46.0 Å². The fourth-order valence-corrected chi connectivity index (χ4v) is 4.00. The molecule has 118 valence electrons. The highest BCUT2D eigenvalue weighted by Gasteiger charge is 2.30. The van der Waals surface area contributed by atoms with Gasteiger partial charge in [0, 0.05) is 13.2 Å². The number of nitrogens with one attached hydrogen (secondary N) is 1. The predicted molar refractivity (Wildman–Crippen MR) is 77.9 cm³/mol. The molecule has 2 rings (SSSR count). The van der Waals surface area contributed by atoms with Crippen molar-refractivity contribution in [1.29, 1.82) is 0 Å². The van der Waals surface area contributed by atoms with Crippen LogP contribution in [0.15, 0.2) is 23.1 Å². The summed E-state index contributed by atoms with van der Waals surface area (Å²) in [6.45, 7) is 2.28. The van der Waals surface area contributed by atoms with Gasteiger partial charge >= 0.3 is 0 Å². The third-order valence-electron chi connectivity index (χ3n) is 3.62. The van der Waals surface area contributed by atoms with Crippen molar-refractivity contribution in [2.75, 3.05) is 20.3 Å². The number of aliphatic hydroxyl groups is 1. The maximum Gasteiger partial charge on any atom is 0.241 e. The van der Waals surface area contributed by atoms with E-state index in [9.17, 15) is 8.42 Å². The fourth-order valence-electron chi connectivity index (χ4n) is 2.41. The molecule has 0 aliphatic carbocycles. The normalized spacial score (nSPS) is 22.4. The zero-order valence-electron chi connectivity index (χ0n) is 12.2. The lowest BCUT2D eigenvalue weighted by atomic mass is 10.1. The molecule has 0 radical (unpaired) electrons. The second kappa shape index (κ2) is 6.74. The van der Waals surface area contributed by atoms with Gasteiger partial charge < -0.3 is 14.6 Å². The van der Waals surface area contributed by atoms with Crippen LogP contribution in [-0.2, 0) is 21.2 Å². The second-order valence-corrected chi connectivity index (χ2v) is 6.72. The average Bonchev–Trinajstić information content (AvgIpc) is 2.83. The Balaban J connectivity index is 2.30. The number of benzene rings is 1. The maximum atomic E-state index is 12.5. The first-order valence-corrected chi connectivity index (χ1v) is 8.38. The molecule has 2 N–H and O–H groups in total. The third-order valence-corrected chi connectivity index (χ3v) is 5.21. The van der Waals surface area contributed by atoms with Crippen LogP contribution in [0.4, 0.5) is 0 Å². The number of hydrogen-bond acceptors (Lipinski definition) is 5. The molecule has 0 bridgehead atoms. The van der Waals surface area contributed by atoms with Crippen LogP contribution in [0.1, 0.15) is 18.9 Å². The van der Waals surface area contributed by atoms with Gasteiger partial charge in [-0.25, -0.2) is 13.1 Å². The standard InChI is InChI=1S/C14H21NO5S/c1-10-13(6-8-20-10)15-21(17,18)14-4-3-12(19-2)9-11(14)5-7-16/h3-4,9-10,13,15-16H,5-8H2,1-2H3. The molecular weight excluding hydrogens is 294 g/mol. The quantitative estimate of drug-likeness (QED) is 0.806. The topological polar surface area (TPSA) is 84.9 Å². The van der Waals surface area contributed by atoms with Crippen LogP contribution in [0.2, 0.25) is 0 Å². The Labute approximate surface area is 125 Å². The van der Waals surface area contributed by atoms with E-state index in [0.29, 0.717) is 24.3 Å². The molecule has 6 nitrogen and oxygen atoms in total.